The Morgan fingerprint density at radius 1 is 1.10 bits per heavy atom. The Bertz CT molecular complexity index is 785. The topological polar surface area (TPSA) is 41.8 Å². The maximum absolute atomic E-state index is 13.1. The van der Waals surface area contributed by atoms with Gasteiger partial charge in [-0.2, -0.15) is 0 Å². The van der Waals surface area contributed by atoms with E-state index in [9.17, 15) is 4.39 Å². The zero-order chi connectivity index (χ0) is 14.8. The summed E-state index contributed by atoms with van der Waals surface area (Å²) < 4.78 is 13.1. The fourth-order valence-electron chi connectivity index (χ4n) is 2.61. The van der Waals surface area contributed by atoms with Crippen LogP contribution in [0.25, 0.3) is 22.2 Å². The average Bonchev–Trinajstić information content (AvgIpc) is 2.84. The molecule has 3 heteroatoms. The molecule has 0 aliphatic carbocycles. The number of nitrogens with one attached hydrogen (secondary N) is 1. The molecule has 0 unspecified atom stereocenters. The molecule has 3 N–H and O–H groups in total. The van der Waals surface area contributed by atoms with E-state index in [0.717, 1.165) is 29.6 Å². The van der Waals surface area contributed by atoms with Gasteiger partial charge in [-0.1, -0.05) is 24.8 Å². The summed E-state index contributed by atoms with van der Waals surface area (Å²) in [6.07, 6.45) is 1.54. The van der Waals surface area contributed by atoms with Crippen molar-refractivity contribution in [2.75, 3.05) is 0 Å². The number of para-hydroxylation sites is 1. The lowest BCUT2D eigenvalue weighted by Crippen LogP contribution is -1.97. The molecule has 2 nitrogen and oxygen atoms in total. The number of rotatable bonds is 4. The molecule has 0 aliphatic heterocycles. The average molecular weight is 280 g/mol. The molecule has 0 fully saturated rings. The van der Waals surface area contributed by atoms with Crippen LogP contribution in [0.2, 0.25) is 0 Å². The van der Waals surface area contributed by atoms with E-state index in [2.05, 4.69) is 17.6 Å². The summed E-state index contributed by atoms with van der Waals surface area (Å²) in [5.41, 5.74) is 10.7. The van der Waals surface area contributed by atoms with Gasteiger partial charge in [0, 0.05) is 22.3 Å². The minimum Gasteiger partial charge on any atom is -0.403 e. The standard InChI is InChI=1S/C18H17FN2/c1-12(20)6-11-16-15-4-2-3-5-17(15)21-18(16)13-7-9-14(19)10-8-13/h2-5,7-10,21H,1,6,11,20H2. The van der Waals surface area contributed by atoms with Crippen LogP contribution in [-0.2, 0) is 6.42 Å². The van der Waals surface area contributed by atoms with E-state index in [1.807, 2.05) is 18.2 Å². The Morgan fingerprint density at radius 3 is 2.52 bits per heavy atom. The van der Waals surface area contributed by atoms with Crippen molar-refractivity contribution in [1.82, 2.24) is 4.98 Å². The van der Waals surface area contributed by atoms with Crippen LogP contribution in [0, 0.1) is 5.82 Å². The van der Waals surface area contributed by atoms with Gasteiger partial charge in [0.2, 0.25) is 0 Å². The second kappa shape index (κ2) is 5.44. The molecule has 3 rings (SSSR count). The number of aromatic amines is 1. The van der Waals surface area contributed by atoms with Crippen LogP contribution in [0.15, 0.2) is 60.8 Å². The summed E-state index contributed by atoms with van der Waals surface area (Å²) in [5.74, 6) is -0.230. The summed E-state index contributed by atoms with van der Waals surface area (Å²) in [6.45, 7) is 3.77. The Labute approximate surface area is 123 Å². The van der Waals surface area contributed by atoms with Crippen LogP contribution >= 0.6 is 0 Å². The van der Waals surface area contributed by atoms with Crippen molar-refractivity contribution in [2.24, 2.45) is 5.73 Å². The first-order valence-electron chi connectivity index (χ1n) is 6.94. The molecule has 106 valence electrons. The molecule has 0 spiro atoms. The van der Waals surface area contributed by atoms with Crippen molar-refractivity contribution in [3.05, 3.63) is 72.2 Å². The molecule has 1 heterocycles. The van der Waals surface area contributed by atoms with E-state index in [1.54, 1.807) is 12.1 Å². The van der Waals surface area contributed by atoms with Crippen LogP contribution in [0.1, 0.15) is 12.0 Å². The smallest absolute Gasteiger partial charge is 0.123 e. The Balaban J connectivity index is 2.13. The monoisotopic (exact) mass is 280 g/mol. The van der Waals surface area contributed by atoms with E-state index < -0.39 is 0 Å². The number of halogens is 1. The van der Waals surface area contributed by atoms with Gasteiger partial charge in [0.15, 0.2) is 0 Å². The molecule has 21 heavy (non-hydrogen) atoms. The molecule has 0 aliphatic rings. The van der Waals surface area contributed by atoms with E-state index in [1.165, 1.54) is 23.1 Å². The third-order valence-electron chi connectivity index (χ3n) is 3.64. The van der Waals surface area contributed by atoms with Crippen molar-refractivity contribution in [3.63, 3.8) is 0 Å². The summed E-state index contributed by atoms with van der Waals surface area (Å²) in [4.78, 5) is 3.43. The number of hydrogen-bond donors (Lipinski definition) is 2. The molecule has 0 radical (unpaired) electrons. The molecule has 0 bridgehead atoms. The van der Waals surface area contributed by atoms with Gasteiger partial charge in [-0.3, -0.25) is 0 Å². The molecule has 0 saturated heterocycles. The van der Waals surface area contributed by atoms with Gasteiger partial charge < -0.3 is 10.7 Å². The van der Waals surface area contributed by atoms with Gasteiger partial charge in [0.1, 0.15) is 5.82 Å². The van der Waals surface area contributed by atoms with Crippen molar-refractivity contribution in [2.45, 2.75) is 12.8 Å². The first-order valence-corrected chi connectivity index (χ1v) is 6.94. The third-order valence-corrected chi connectivity index (χ3v) is 3.64. The Morgan fingerprint density at radius 2 is 1.81 bits per heavy atom. The Kier molecular flexibility index (Phi) is 3.48. The van der Waals surface area contributed by atoms with Crippen LogP contribution in [0.5, 0.6) is 0 Å². The highest BCUT2D eigenvalue weighted by atomic mass is 19.1. The first-order chi connectivity index (χ1) is 10.1. The predicted octanol–water partition coefficient (Wildman–Crippen LogP) is 4.38. The minimum atomic E-state index is -0.230. The highest BCUT2D eigenvalue weighted by Gasteiger charge is 2.12. The number of allylic oxidation sites excluding steroid dienone is 1. The van der Waals surface area contributed by atoms with E-state index >= 15 is 0 Å². The fourth-order valence-corrected chi connectivity index (χ4v) is 2.61. The number of benzene rings is 2. The summed E-state index contributed by atoms with van der Waals surface area (Å²) in [6, 6.07) is 14.7. The second-order valence-electron chi connectivity index (χ2n) is 5.19. The molecule has 2 aromatic carbocycles. The second-order valence-corrected chi connectivity index (χ2v) is 5.19. The zero-order valence-corrected chi connectivity index (χ0v) is 11.7. The number of aromatic nitrogens is 1. The van der Waals surface area contributed by atoms with E-state index in [4.69, 9.17) is 5.73 Å². The largest absolute Gasteiger partial charge is 0.403 e. The van der Waals surface area contributed by atoms with Gasteiger partial charge in [0.25, 0.3) is 0 Å². The maximum Gasteiger partial charge on any atom is 0.123 e. The number of fused-ring (bicyclic) bond motifs is 1. The van der Waals surface area contributed by atoms with Gasteiger partial charge in [-0.15, -0.1) is 0 Å². The maximum atomic E-state index is 13.1. The van der Waals surface area contributed by atoms with Gasteiger partial charge in [-0.05, 0) is 54.3 Å². The minimum absolute atomic E-state index is 0.230. The predicted molar refractivity (Wildman–Crippen MR) is 85.3 cm³/mol. The normalized spacial score (nSPS) is 10.9. The summed E-state index contributed by atoms with van der Waals surface area (Å²) >= 11 is 0. The van der Waals surface area contributed by atoms with Crippen LogP contribution in [-0.4, -0.2) is 4.98 Å². The van der Waals surface area contributed by atoms with Crippen LogP contribution < -0.4 is 5.73 Å². The van der Waals surface area contributed by atoms with E-state index in [0.29, 0.717) is 5.70 Å². The van der Waals surface area contributed by atoms with Gasteiger partial charge in [-0.25, -0.2) is 4.39 Å². The van der Waals surface area contributed by atoms with Crippen molar-refractivity contribution in [1.29, 1.82) is 0 Å². The first kappa shape index (κ1) is 13.4. The summed E-state index contributed by atoms with van der Waals surface area (Å²) in [7, 11) is 0. The van der Waals surface area contributed by atoms with Gasteiger partial charge in [0.05, 0.1) is 0 Å². The number of H-pyrrole nitrogens is 1. The molecule has 0 atom stereocenters. The quantitative estimate of drug-likeness (QED) is 0.731. The molecule has 0 saturated carbocycles. The Hall–Kier alpha value is -2.55. The molecule has 0 amide bonds. The number of hydrogen-bond acceptors (Lipinski definition) is 1. The van der Waals surface area contributed by atoms with Crippen molar-refractivity contribution < 1.29 is 4.39 Å². The SMILES string of the molecule is C=C(N)CCc1c(-c2ccc(F)cc2)[nH]c2ccccc12. The highest BCUT2D eigenvalue weighted by Crippen LogP contribution is 2.31. The van der Waals surface area contributed by atoms with Gasteiger partial charge >= 0.3 is 0 Å². The number of aryl methyl sites for hydroxylation is 1. The molecule has 1 aromatic heterocycles. The lowest BCUT2D eigenvalue weighted by atomic mass is 10.0. The molecule has 3 aromatic rings. The third kappa shape index (κ3) is 2.68. The van der Waals surface area contributed by atoms with Crippen LogP contribution in [0.4, 0.5) is 4.39 Å². The molecular weight excluding hydrogens is 263 g/mol. The van der Waals surface area contributed by atoms with Crippen molar-refractivity contribution in [3.8, 4) is 11.3 Å². The fraction of sp³-hybridized carbons (Fsp3) is 0.111. The van der Waals surface area contributed by atoms with Crippen molar-refractivity contribution >= 4 is 10.9 Å². The zero-order valence-electron chi connectivity index (χ0n) is 11.7. The summed E-state index contributed by atoms with van der Waals surface area (Å²) in [5, 5.41) is 1.18. The highest BCUT2D eigenvalue weighted by molar-refractivity contribution is 5.90. The van der Waals surface area contributed by atoms with Crippen LogP contribution in [0.3, 0.4) is 0 Å². The lowest BCUT2D eigenvalue weighted by molar-refractivity contribution is 0.628. The van der Waals surface area contributed by atoms with E-state index in [-0.39, 0.29) is 5.82 Å². The molecular formula is C18H17FN2. The number of nitrogens with two attached hydrogens (primary N) is 1. The lowest BCUT2D eigenvalue weighted by Gasteiger charge is -2.05.